The monoisotopic (exact) mass is 333 g/mol. The summed E-state index contributed by atoms with van der Waals surface area (Å²) < 4.78 is 12.8. The maximum atomic E-state index is 5.78. The SMILES string of the molecule is c1ncn(-c2ccc(COc3ccc4c(C5CC5)noc4n3)cc2)n1. The fourth-order valence-electron chi connectivity index (χ4n) is 2.80. The average molecular weight is 333 g/mol. The lowest BCUT2D eigenvalue weighted by molar-refractivity contribution is 0.293. The molecule has 124 valence electrons. The predicted molar refractivity (Wildman–Crippen MR) is 89.5 cm³/mol. The van der Waals surface area contributed by atoms with Crippen LogP contribution in [0.2, 0.25) is 0 Å². The lowest BCUT2D eigenvalue weighted by Crippen LogP contribution is -1.99. The number of ether oxygens (including phenoxy) is 1. The Morgan fingerprint density at radius 3 is 2.76 bits per heavy atom. The Morgan fingerprint density at radius 2 is 2.00 bits per heavy atom. The van der Waals surface area contributed by atoms with Crippen LogP contribution in [0.25, 0.3) is 16.8 Å². The fraction of sp³-hybridized carbons (Fsp3) is 0.222. The van der Waals surface area contributed by atoms with Crippen molar-refractivity contribution >= 4 is 11.1 Å². The van der Waals surface area contributed by atoms with Gasteiger partial charge in [-0.15, -0.1) is 0 Å². The number of pyridine rings is 1. The molecule has 0 atom stereocenters. The van der Waals surface area contributed by atoms with E-state index in [4.69, 9.17) is 9.26 Å². The summed E-state index contributed by atoms with van der Waals surface area (Å²) in [6, 6.07) is 11.8. The second kappa shape index (κ2) is 5.70. The van der Waals surface area contributed by atoms with Gasteiger partial charge in [0.05, 0.1) is 16.8 Å². The summed E-state index contributed by atoms with van der Waals surface area (Å²) in [5.74, 6) is 1.07. The van der Waals surface area contributed by atoms with Crippen molar-refractivity contribution in [3.63, 3.8) is 0 Å². The third-order valence-electron chi connectivity index (χ3n) is 4.31. The summed E-state index contributed by atoms with van der Waals surface area (Å²) in [5, 5.41) is 9.24. The molecule has 1 aromatic carbocycles. The van der Waals surface area contributed by atoms with Crippen molar-refractivity contribution in [2.24, 2.45) is 0 Å². The highest BCUT2D eigenvalue weighted by molar-refractivity contribution is 5.77. The Labute approximate surface area is 143 Å². The number of benzene rings is 1. The standard InChI is InChI=1S/C18H15N5O2/c1-5-14(23-11-19-10-20-23)6-2-12(1)9-24-16-8-7-15-17(13-3-4-13)22-25-18(15)21-16/h1-2,5-8,10-11,13H,3-4,9H2. The van der Waals surface area contributed by atoms with Crippen LogP contribution in [0.1, 0.15) is 30.0 Å². The molecule has 7 heteroatoms. The number of fused-ring (bicyclic) bond motifs is 1. The van der Waals surface area contributed by atoms with E-state index in [9.17, 15) is 0 Å². The minimum atomic E-state index is 0.430. The van der Waals surface area contributed by atoms with Gasteiger partial charge in [0.25, 0.3) is 5.71 Å². The fourth-order valence-corrected chi connectivity index (χ4v) is 2.80. The van der Waals surface area contributed by atoms with Gasteiger partial charge in [0.2, 0.25) is 5.88 Å². The summed E-state index contributed by atoms with van der Waals surface area (Å²) in [7, 11) is 0. The van der Waals surface area contributed by atoms with Crippen molar-refractivity contribution in [2.75, 3.05) is 0 Å². The highest BCUT2D eigenvalue weighted by Crippen LogP contribution is 2.42. The molecule has 3 heterocycles. The first-order chi connectivity index (χ1) is 12.4. The van der Waals surface area contributed by atoms with Crippen molar-refractivity contribution in [3.05, 3.63) is 60.3 Å². The maximum absolute atomic E-state index is 5.78. The van der Waals surface area contributed by atoms with Gasteiger partial charge < -0.3 is 9.26 Å². The third kappa shape index (κ3) is 2.73. The lowest BCUT2D eigenvalue weighted by Gasteiger charge is -2.06. The van der Waals surface area contributed by atoms with Gasteiger partial charge in [-0.1, -0.05) is 17.3 Å². The number of hydrogen-bond donors (Lipinski definition) is 0. The van der Waals surface area contributed by atoms with Crippen LogP contribution in [0, 0.1) is 0 Å². The van der Waals surface area contributed by atoms with Crippen molar-refractivity contribution in [2.45, 2.75) is 25.4 Å². The normalized spacial score (nSPS) is 14.1. The minimum Gasteiger partial charge on any atom is -0.473 e. The van der Waals surface area contributed by atoms with Gasteiger partial charge in [0.1, 0.15) is 19.3 Å². The van der Waals surface area contributed by atoms with Gasteiger partial charge in [0.15, 0.2) is 0 Å². The Bertz CT molecular complexity index is 1000. The van der Waals surface area contributed by atoms with Crippen molar-refractivity contribution in [1.29, 1.82) is 0 Å². The Balaban J connectivity index is 1.30. The zero-order chi connectivity index (χ0) is 16.6. The van der Waals surface area contributed by atoms with Crippen LogP contribution >= 0.6 is 0 Å². The van der Waals surface area contributed by atoms with E-state index in [0.29, 0.717) is 24.1 Å². The van der Waals surface area contributed by atoms with Crippen LogP contribution in [0.3, 0.4) is 0 Å². The van der Waals surface area contributed by atoms with Crippen LogP contribution < -0.4 is 4.74 Å². The van der Waals surface area contributed by atoms with E-state index in [1.807, 2.05) is 36.4 Å². The van der Waals surface area contributed by atoms with E-state index in [2.05, 4.69) is 20.2 Å². The van der Waals surface area contributed by atoms with E-state index < -0.39 is 0 Å². The molecule has 4 aromatic rings. The number of hydrogen-bond acceptors (Lipinski definition) is 6. The molecule has 0 N–H and O–H groups in total. The second-order valence-electron chi connectivity index (χ2n) is 6.14. The summed E-state index contributed by atoms with van der Waals surface area (Å²) in [4.78, 5) is 8.35. The first-order valence-electron chi connectivity index (χ1n) is 8.20. The molecule has 1 aliphatic rings. The molecule has 0 unspecified atom stereocenters. The van der Waals surface area contributed by atoms with E-state index in [1.54, 1.807) is 11.0 Å². The molecule has 0 aliphatic heterocycles. The van der Waals surface area contributed by atoms with Crippen molar-refractivity contribution < 1.29 is 9.26 Å². The molecule has 5 rings (SSSR count). The van der Waals surface area contributed by atoms with Gasteiger partial charge in [-0.25, -0.2) is 9.67 Å². The summed E-state index contributed by atoms with van der Waals surface area (Å²) in [6.45, 7) is 0.430. The Hall–Kier alpha value is -3.22. The molecule has 0 spiro atoms. The first-order valence-corrected chi connectivity index (χ1v) is 8.20. The molecular weight excluding hydrogens is 318 g/mol. The van der Waals surface area contributed by atoms with E-state index in [1.165, 1.54) is 19.2 Å². The van der Waals surface area contributed by atoms with Crippen molar-refractivity contribution in [1.82, 2.24) is 24.9 Å². The third-order valence-corrected chi connectivity index (χ3v) is 4.31. The molecule has 1 aliphatic carbocycles. The van der Waals surface area contributed by atoms with E-state index in [-0.39, 0.29) is 0 Å². The summed E-state index contributed by atoms with van der Waals surface area (Å²) in [6.07, 6.45) is 5.55. The van der Waals surface area contributed by atoms with Gasteiger partial charge >= 0.3 is 0 Å². The topological polar surface area (TPSA) is 78.9 Å². The van der Waals surface area contributed by atoms with Crippen LogP contribution in [-0.2, 0) is 6.61 Å². The quantitative estimate of drug-likeness (QED) is 0.558. The second-order valence-corrected chi connectivity index (χ2v) is 6.14. The van der Waals surface area contributed by atoms with Crippen LogP contribution in [0.15, 0.2) is 53.6 Å². The molecule has 0 radical (unpaired) electrons. The van der Waals surface area contributed by atoms with Gasteiger partial charge in [-0.3, -0.25) is 0 Å². The maximum Gasteiger partial charge on any atom is 0.261 e. The van der Waals surface area contributed by atoms with Crippen LogP contribution in [-0.4, -0.2) is 24.9 Å². The van der Waals surface area contributed by atoms with Gasteiger partial charge in [-0.05, 0) is 36.6 Å². The molecule has 25 heavy (non-hydrogen) atoms. The molecule has 1 fully saturated rings. The van der Waals surface area contributed by atoms with Crippen molar-refractivity contribution in [3.8, 4) is 11.6 Å². The molecule has 0 amide bonds. The highest BCUT2D eigenvalue weighted by Gasteiger charge is 2.29. The first kappa shape index (κ1) is 14.2. The molecule has 0 bridgehead atoms. The van der Waals surface area contributed by atoms with Crippen LogP contribution in [0.4, 0.5) is 0 Å². The van der Waals surface area contributed by atoms with E-state index >= 15 is 0 Å². The lowest BCUT2D eigenvalue weighted by atomic mass is 10.2. The van der Waals surface area contributed by atoms with Gasteiger partial charge in [0, 0.05) is 12.0 Å². The Morgan fingerprint density at radius 1 is 1.12 bits per heavy atom. The molecule has 0 saturated heterocycles. The zero-order valence-electron chi connectivity index (χ0n) is 13.4. The number of rotatable bonds is 5. The predicted octanol–water partition coefficient (Wildman–Crippen LogP) is 3.26. The molecule has 7 nitrogen and oxygen atoms in total. The average Bonchev–Trinajstić information content (AvgIpc) is 3.19. The summed E-state index contributed by atoms with van der Waals surface area (Å²) in [5.41, 5.74) is 3.57. The number of aromatic nitrogens is 5. The molecule has 1 saturated carbocycles. The minimum absolute atomic E-state index is 0.430. The summed E-state index contributed by atoms with van der Waals surface area (Å²) >= 11 is 0. The Kier molecular flexibility index (Phi) is 3.22. The zero-order valence-corrected chi connectivity index (χ0v) is 13.4. The van der Waals surface area contributed by atoms with E-state index in [0.717, 1.165) is 22.3 Å². The van der Waals surface area contributed by atoms with Gasteiger partial charge in [-0.2, -0.15) is 10.1 Å². The smallest absolute Gasteiger partial charge is 0.261 e. The largest absolute Gasteiger partial charge is 0.473 e. The van der Waals surface area contributed by atoms with Crippen LogP contribution in [0.5, 0.6) is 5.88 Å². The number of nitrogens with zero attached hydrogens (tertiary/aromatic N) is 5. The highest BCUT2D eigenvalue weighted by atomic mass is 16.5. The molecule has 3 aromatic heterocycles. The molecular formula is C18H15N5O2.